The number of pyridine rings is 1. The Hall–Kier alpha value is -1.65. The lowest BCUT2D eigenvalue weighted by molar-refractivity contribution is 0.0732. The van der Waals surface area contributed by atoms with E-state index in [1.165, 1.54) is 12.3 Å². The summed E-state index contributed by atoms with van der Waals surface area (Å²) < 4.78 is 14.0. The monoisotopic (exact) mass is 253 g/mol. The van der Waals surface area contributed by atoms with Gasteiger partial charge in [0.15, 0.2) is 11.6 Å². The first-order valence-electron chi connectivity index (χ1n) is 6.12. The molecule has 0 saturated carbocycles. The Morgan fingerprint density at radius 2 is 2.28 bits per heavy atom. The van der Waals surface area contributed by atoms with Crippen LogP contribution in [0.15, 0.2) is 12.3 Å². The normalized spacial score (nSPS) is 12.1. The summed E-state index contributed by atoms with van der Waals surface area (Å²) in [5, 5.41) is 2.63. The minimum absolute atomic E-state index is 0.0554. The minimum Gasteiger partial charge on any atom is -0.371 e. The highest BCUT2D eigenvalue weighted by Crippen LogP contribution is 2.17. The first-order valence-corrected chi connectivity index (χ1v) is 6.12. The Labute approximate surface area is 107 Å². The van der Waals surface area contributed by atoms with E-state index in [9.17, 15) is 9.18 Å². The molecule has 100 valence electrons. The van der Waals surface area contributed by atoms with E-state index < -0.39 is 5.82 Å². The van der Waals surface area contributed by atoms with Crippen LogP contribution in [0.1, 0.15) is 37.0 Å². The average molecular weight is 253 g/mol. The lowest BCUT2D eigenvalue weighted by Gasteiger charge is -2.25. The van der Waals surface area contributed by atoms with Crippen molar-refractivity contribution < 1.29 is 9.18 Å². The zero-order chi connectivity index (χ0) is 13.7. The fourth-order valence-corrected chi connectivity index (χ4v) is 1.78. The van der Waals surface area contributed by atoms with Gasteiger partial charge >= 0.3 is 0 Å². The van der Waals surface area contributed by atoms with Gasteiger partial charge in [-0.3, -0.25) is 4.79 Å². The van der Waals surface area contributed by atoms with E-state index in [4.69, 9.17) is 0 Å². The Morgan fingerprint density at radius 1 is 1.61 bits per heavy atom. The molecule has 1 amide bonds. The van der Waals surface area contributed by atoms with Crippen LogP contribution in [0, 0.1) is 5.82 Å². The van der Waals surface area contributed by atoms with E-state index in [0.29, 0.717) is 0 Å². The number of hydrogen-bond donors (Lipinski definition) is 1. The van der Waals surface area contributed by atoms with Crippen molar-refractivity contribution >= 4 is 11.7 Å². The van der Waals surface area contributed by atoms with Crippen LogP contribution < -0.4 is 5.32 Å². The van der Waals surface area contributed by atoms with Crippen LogP contribution in [-0.2, 0) is 0 Å². The SMILES string of the molecule is CCCC(C)N(C)C(=O)c1ccnc(NC)c1F. The van der Waals surface area contributed by atoms with Gasteiger partial charge in [-0.1, -0.05) is 13.3 Å². The van der Waals surface area contributed by atoms with Gasteiger partial charge in [0, 0.05) is 26.3 Å². The predicted octanol–water partition coefficient (Wildman–Crippen LogP) is 2.52. The molecule has 5 heteroatoms. The zero-order valence-electron chi connectivity index (χ0n) is 11.3. The highest BCUT2D eigenvalue weighted by Gasteiger charge is 2.21. The second-order valence-corrected chi connectivity index (χ2v) is 4.32. The van der Waals surface area contributed by atoms with Gasteiger partial charge in [0.1, 0.15) is 0 Å². The van der Waals surface area contributed by atoms with E-state index >= 15 is 0 Å². The molecule has 0 bridgehead atoms. The van der Waals surface area contributed by atoms with Gasteiger partial charge in [0.05, 0.1) is 5.56 Å². The van der Waals surface area contributed by atoms with E-state index in [1.54, 1.807) is 19.0 Å². The molecule has 1 aromatic heterocycles. The van der Waals surface area contributed by atoms with Gasteiger partial charge < -0.3 is 10.2 Å². The molecule has 0 saturated heterocycles. The molecule has 0 aliphatic carbocycles. The second kappa shape index (κ2) is 6.33. The number of rotatable bonds is 5. The number of hydrogen-bond acceptors (Lipinski definition) is 3. The van der Waals surface area contributed by atoms with E-state index in [1.807, 2.05) is 6.92 Å². The summed E-state index contributed by atoms with van der Waals surface area (Å²) in [4.78, 5) is 17.6. The van der Waals surface area contributed by atoms with Crippen LogP contribution >= 0.6 is 0 Å². The molecule has 0 fully saturated rings. The maximum atomic E-state index is 14.0. The summed E-state index contributed by atoms with van der Waals surface area (Å²) in [5.41, 5.74) is 0.0554. The average Bonchev–Trinajstić information content (AvgIpc) is 2.37. The predicted molar refractivity (Wildman–Crippen MR) is 70.2 cm³/mol. The van der Waals surface area contributed by atoms with Crippen LogP contribution in [0.5, 0.6) is 0 Å². The second-order valence-electron chi connectivity index (χ2n) is 4.32. The largest absolute Gasteiger partial charge is 0.371 e. The number of amides is 1. The van der Waals surface area contributed by atoms with Crippen LogP contribution in [-0.4, -0.2) is 35.9 Å². The first-order chi connectivity index (χ1) is 8.52. The lowest BCUT2D eigenvalue weighted by atomic mass is 10.1. The molecular weight excluding hydrogens is 233 g/mol. The quantitative estimate of drug-likeness (QED) is 0.877. The van der Waals surface area contributed by atoms with Crippen molar-refractivity contribution in [2.75, 3.05) is 19.4 Å². The molecule has 0 radical (unpaired) electrons. The smallest absolute Gasteiger partial charge is 0.257 e. The Kier molecular flexibility index (Phi) is 5.07. The van der Waals surface area contributed by atoms with Gasteiger partial charge in [-0.05, 0) is 19.4 Å². The van der Waals surface area contributed by atoms with Crippen LogP contribution in [0.2, 0.25) is 0 Å². The van der Waals surface area contributed by atoms with Crippen molar-refractivity contribution in [2.45, 2.75) is 32.7 Å². The molecule has 1 unspecified atom stereocenters. The fraction of sp³-hybridized carbons (Fsp3) is 0.538. The number of carbonyl (C=O) groups is 1. The summed E-state index contributed by atoms with van der Waals surface area (Å²) >= 11 is 0. The van der Waals surface area contributed by atoms with E-state index in [-0.39, 0.29) is 23.3 Å². The summed E-state index contributed by atoms with van der Waals surface area (Å²) in [6, 6.07) is 1.50. The van der Waals surface area contributed by atoms with Crippen molar-refractivity contribution in [1.29, 1.82) is 0 Å². The van der Waals surface area contributed by atoms with Gasteiger partial charge in [-0.25, -0.2) is 9.37 Å². The number of carbonyl (C=O) groups excluding carboxylic acids is 1. The van der Waals surface area contributed by atoms with Crippen LogP contribution in [0.4, 0.5) is 10.2 Å². The number of nitrogens with one attached hydrogen (secondary N) is 1. The molecule has 0 aliphatic rings. The first kappa shape index (κ1) is 14.4. The molecule has 1 heterocycles. The van der Waals surface area contributed by atoms with Gasteiger partial charge in [-0.2, -0.15) is 0 Å². The highest BCUT2D eigenvalue weighted by atomic mass is 19.1. The van der Waals surface area contributed by atoms with Gasteiger partial charge in [0.25, 0.3) is 5.91 Å². The molecule has 1 atom stereocenters. The van der Waals surface area contributed by atoms with Crippen molar-refractivity contribution in [3.63, 3.8) is 0 Å². The molecule has 0 spiro atoms. The lowest BCUT2D eigenvalue weighted by Crippen LogP contribution is -2.35. The Bertz CT molecular complexity index is 423. The molecule has 1 rings (SSSR count). The Morgan fingerprint density at radius 3 is 2.83 bits per heavy atom. The molecule has 1 N–H and O–H groups in total. The molecule has 18 heavy (non-hydrogen) atoms. The third-order valence-corrected chi connectivity index (χ3v) is 3.04. The standard InChI is InChI=1S/C13H20FN3O/c1-5-6-9(2)17(4)13(18)10-7-8-16-12(15-3)11(10)14/h7-9H,5-6H2,1-4H3,(H,15,16). The maximum absolute atomic E-state index is 14.0. The van der Waals surface area contributed by atoms with E-state index in [2.05, 4.69) is 17.2 Å². The maximum Gasteiger partial charge on any atom is 0.257 e. The van der Waals surface area contributed by atoms with Crippen molar-refractivity contribution in [1.82, 2.24) is 9.88 Å². The van der Waals surface area contributed by atoms with Crippen molar-refractivity contribution in [3.8, 4) is 0 Å². The third kappa shape index (κ3) is 2.97. The molecule has 0 aliphatic heterocycles. The molecular formula is C13H20FN3O. The van der Waals surface area contributed by atoms with Crippen LogP contribution in [0.3, 0.4) is 0 Å². The number of nitrogens with zero attached hydrogens (tertiary/aromatic N) is 2. The molecule has 0 aromatic carbocycles. The van der Waals surface area contributed by atoms with Gasteiger partial charge in [0.2, 0.25) is 0 Å². The van der Waals surface area contributed by atoms with Crippen LogP contribution in [0.25, 0.3) is 0 Å². The summed E-state index contributed by atoms with van der Waals surface area (Å²) in [7, 11) is 3.27. The van der Waals surface area contributed by atoms with Gasteiger partial charge in [-0.15, -0.1) is 0 Å². The highest BCUT2D eigenvalue weighted by molar-refractivity contribution is 5.95. The number of anilines is 1. The number of aromatic nitrogens is 1. The Balaban J connectivity index is 2.97. The summed E-state index contributed by atoms with van der Waals surface area (Å²) in [6.45, 7) is 4.01. The van der Waals surface area contributed by atoms with Crippen molar-refractivity contribution in [2.24, 2.45) is 0 Å². The third-order valence-electron chi connectivity index (χ3n) is 3.04. The van der Waals surface area contributed by atoms with E-state index in [0.717, 1.165) is 12.8 Å². The molecule has 1 aromatic rings. The topological polar surface area (TPSA) is 45.2 Å². The molecule has 4 nitrogen and oxygen atoms in total. The fourth-order valence-electron chi connectivity index (χ4n) is 1.78. The minimum atomic E-state index is -0.597. The summed E-state index contributed by atoms with van der Waals surface area (Å²) in [6.07, 6.45) is 3.31. The van der Waals surface area contributed by atoms with Crippen molar-refractivity contribution in [3.05, 3.63) is 23.6 Å². The summed E-state index contributed by atoms with van der Waals surface area (Å²) in [5.74, 6) is -0.815. The number of halogens is 1. The zero-order valence-corrected chi connectivity index (χ0v) is 11.3.